The van der Waals surface area contributed by atoms with E-state index < -0.39 is 11.7 Å². The number of aromatic nitrogens is 1. The summed E-state index contributed by atoms with van der Waals surface area (Å²) < 4.78 is 13.9. The molecule has 0 radical (unpaired) electrons. The zero-order chi connectivity index (χ0) is 13.1. The van der Waals surface area contributed by atoms with Gasteiger partial charge in [0.2, 0.25) is 0 Å². The number of hydrogen-bond acceptors (Lipinski definition) is 3. The van der Waals surface area contributed by atoms with E-state index in [1.807, 2.05) is 12.3 Å². The van der Waals surface area contributed by atoms with Crippen molar-refractivity contribution in [2.45, 2.75) is 13.5 Å². The van der Waals surface area contributed by atoms with Crippen molar-refractivity contribution in [3.05, 3.63) is 50.1 Å². The number of nitrogens with one attached hydrogen (secondary N) is 1. The van der Waals surface area contributed by atoms with Crippen LogP contribution in [0.15, 0.2) is 28.1 Å². The maximum atomic E-state index is 13.7. The lowest BCUT2D eigenvalue weighted by Gasteiger charge is -2.05. The Hall–Kier alpha value is -1.27. The van der Waals surface area contributed by atoms with Crippen molar-refractivity contribution in [2.75, 3.05) is 0 Å². The summed E-state index contributed by atoms with van der Waals surface area (Å²) in [5.74, 6) is -0.996. The number of carbonyl (C=O) groups is 1. The van der Waals surface area contributed by atoms with Gasteiger partial charge in [0.15, 0.2) is 0 Å². The van der Waals surface area contributed by atoms with Crippen molar-refractivity contribution in [3.8, 4) is 0 Å². The molecule has 2 aromatic rings. The van der Waals surface area contributed by atoms with E-state index in [9.17, 15) is 9.18 Å². The van der Waals surface area contributed by atoms with Crippen LogP contribution in [0.25, 0.3) is 0 Å². The van der Waals surface area contributed by atoms with E-state index in [4.69, 9.17) is 0 Å². The fourth-order valence-corrected chi connectivity index (χ4v) is 2.41. The van der Waals surface area contributed by atoms with E-state index in [0.29, 0.717) is 6.54 Å². The molecule has 0 aliphatic carbocycles. The molecule has 0 fully saturated rings. The zero-order valence-electron chi connectivity index (χ0n) is 9.54. The summed E-state index contributed by atoms with van der Waals surface area (Å²) in [7, 11) is 0. The minimum atomic E-state index is -0.551. The number of halogens is 2. The Morgan fingerprint density at radius 3 is 3.00 bits per heavy atom. The summed E-state index contributed by atoms with van der Waals surface area (Å²) in [4.78, 5) is 16.0. The average molecular weight is 329 g/mol. The lowest BCUT2D eigenvalue weighted by Crippen LogP contribution is -2.24. The molecule has 0 saturated heterocycles. The summed E-state index contributed by atoms with van der Waals surface area (Å²) in [5, 5.41) is 5.45. The highest BCUT2D eigenvalue weighted by Gasteiger charge is 2.13. The topological polar surface area (TPSA) is 42.0 Å². The maximum absolute atomic E-state index is 13.7. The number of aryl methyl sites for hydroxylation is 1. The highest BCUT2D eigenvalue weighted by Crippen LogP contribution is 2.18. The van der Waals surface area contributed by atoms with Gasteiger partial charge in [-0.1, -0.05) is 6.07 Å². The third-order valence-electron chi connectivity index (χ3n) is 2.29. The van der Waals surface area contributed by atoms with Crippen LogP contribution in [0.3, 0.4) is 0 Å². The van der Waals surface area contributed by atoms with Crippen LogP contribution in [-0.4, -0.2) is 10.9 Å². The average Bonchev–Trinajstić information content (AvgIpc) is 2.76. The molecule has 1 heterocycles. The first kappa shape index (κ1) is 13.2. The Balaban J connectivity index is 2.06. The third-order valence-corrected chi connectivity index (χ3v) is 3.73. The SMILES string of the molecule is Cc1nc(CNC(=O)c2cccc(Br)c2F)cs1. The Morgan fingerprint density at radius 2 is 2.33 bits per heavy atom. The van der Waals surface area contributed by atoms with Crippen LogP contribution in [0.5, 0.6) is 0 Å². The number of benzene rings is 1. The molecular formula is C12H10BrFN2OS. The molecule has 0 bridgehead atoms. The second kappa shape index (κ2) is 5.58. The molecule has 0 atom stereocenters. The van der Waals surface area contributed by atoms with Crippen molar-refractivity contribution in [1.82, 2.24) is 10.3 Å². The van der Waals surface area contributed by atoms with Crippen molar-refractivity contribution < 1.29 is 9.18 Å². The largest absolute Gasteiger partial charge is 0.346 e. The number of nitrogens with zero attached hydrogens (tertiary/aromatic N) is 1. The van der Waals surface area contributed by atoms with Gasteiger partial charge in [0, 0.05) is 5.38 Å². The van der Waals surface area contributed by atoms with E-state index in [2.05, 4.69) is 26.2 Å². The van der Waals surface area contributed by atoms with Gasteiger partial charge in [-0.3, -0.25) is 4.79 Å². The Bertz CT molecular complexity index is 585. The number of amides is 1. The summed E-state index contributed by atoms with van der Waals surface area (Å²) >= 11 is 4.56. The fourth-order valence-electron chi connectivity index (χ4n) is 1.43. The molecule has 0 aliphatic heterocycles. The first-order valence-corrected chi connectivity index (χ1v) is 6.88. The molecule has 1 amide bonds. The Labute approximate surface area is 116 Å². The second-order valence-electron chi connectivity index (χ2n) is 3.64. The van der Waals surface area contributed by atoms with E-state index >= 15 is 0 Å². The fraction of sp³-hybridized carbons (Fsp3) is 0.167. The van der Waals surface area contributed by atoms with Gasteiger partial charge in [-0.2, -0.15) is 0 Å². The van der Waals surface area contributed by atoms with Crippen LogP contribution in [0.4, 0.5) is 4.39 Å². The molecule has 18 heavy (non-hydrogen) atoms. The number of rotatable bonds is 3. The van der Waals surface area contributed by atoms with E-state index in [1.54, 1.807) is 12.1 Å². The maximum Gasteiger partial charge on any atom is 0.254 e. The van der Waals surface area contributed by atoms with Gasteiger partial charge in [-0.25, -0.2) is 9.37 Å². The van der Waals surface area contributed by atoms with E-state index in [-0.39, 0.29) is 10.0 Å². The molecular weight excluding hydrogens is 319 g/mol. The number of carbonyl (C=O) groups excluding carboxylic acids is 1. The summed E-state index contributed by atoms with van der Waals surface area (Å²) in [6, 6.07) is 4.62. The normalized spacial score (nSPS) is 10.4. The predicted molar refractivity (Wildman–Crippen MR) is 72.1 cm³/mol. The molecule has 1 aromatic heterocycles. The summed E-state index contributed by atoms with van der Waals surface area (Å²) in [6.45, 7) is 2.19. The Morgan fingerprint density at radius 1 is 1.56 bits per heavy atom. The molecule has 1 aromatic carbocycles. The van der Waals surface area contributed by atoms with Gasteiger partial charge in [-0.15, -0.1) is 11.3 Å². The van der Waals surface area contributed by atoms with Crippen LogP contribution < -0.4 is 5.32 Å². The second-order valence-corrected chi connectivity index (χ2v) is 5.56. The minimum Gasteiger partial charge on any atom is -0.346 e. The van der Waals surface area contributed by atoms with Gasteiger partial charge >= 0.3 is 0 Å². The van der Waals surface area contributed by atoms with Crippen LogP contribution in [0.2, 0.25) is 0 Å². The lowest BCUT2D eigenvalue weighted by atomic mass is 10.2. The molecule has 94 valence electrons. The predicted octanol–water partition coefficient (Wildman–Crippen LogP) is 3.28. The van der Waals surface area contributed by atoms with Crippen LogP contribution in [0.1, 0.15) is 21.1 Å². The molecule has 2 rings (SSSR count). The van der Waals surface area contributed by atoms with Crippen LogP contribution in [-0.2, 0) is 6.54 Å². The van der Waals surface area contributed by atoms with Gasteiger partial charge in [-0.05, 0) is 35.0 Å². The highest BCUT2D eigenvalue weighted by molar-refractivity contribution is 9.10. The van der Waals surface area contributed by atoms with Crippen molar-refractivity contribution in [3.63, 3.8) is 0 Å². The molecule has 3 nitrogen and oxygen atoms in total. The van der Waals surface area contributed by atoms with Crippen LogP contribution >= 0.6 is 27.3 Å². The zero-order valence-corrected chi connectivity index (χ0v) is 11.9. The molecule has 0 saturated carbocycles. The number of thiazole rings is 1. The quantitative estimate of drug-likeness (QED) is 0.939. The van der Waals surface area contributed by atoms with Crippen LogP contribution in [0, 0.1) is 12.7 Å². The van der Waals surface area contributed by atoms with Crippen molar-refractivity contribution in [2.24, 2.45) is 0 Å². The molecule has 6 heteroatoms. The van der Waals surface area contributed by atoms with Crippen molar-refractivity contribution in [1.29, 1.82) is 0 Å². The monoisotopic (exact) mass is 328 g/mol. The highest BCUT2D eigenvalue weighted by atomic mass is 79.9. The standard InChI is InChI=1S/C12H10BrFN2OS/c1-7-16-8(6-18-7)5-15-12(17)9-3-2-4-10(13)11(9)14/h2-4,6H,5H2,1H3,(H,15,17). The lowest BCUT2D eigenvalue weighted by molar-refractivity contribution is 0.0946. The van der Waals surface area contributed by atoms with Gasteiger partial charge in [0.25, 0.3) is 5.91 Å². The van der Waals surface area contributed by atoms with E-state index in [1.165, 1.54) is 17.4 Å². The number of hydrogen-bond donors (Lipinski definition) is 1. The first-order chi connectivity index (χ1) is 8.58. The molecule has 0 aliphatic rings. The third kappa shape index (κ3) is 2.94. The van der Waals surface area contributed by atoms with E-state index in [0.717, 1.165) is 10.7 Å². The first-order valence-electron chi connectivity index (χ1n) is 5.21. The molecule has 0 unspecified atom stereocenters. The molecule has 0 spiro atoms. The van der Waals surface area contributed by atoms with Gasteiger partial charge < -0.3 is 5.32 Å². The van der Waals surface area contributed by atoms with Gasteiger partial charge in [0.1, 0.15) is 5.82 Å². The Kier molecular flexibility index (Phi) is 4.08. The van der Waals surface area contributed by atoms with Crippen molar-refractivity contribution >= 4 is 33.2 Å². The summed E-state index contributed by atoms with van der Waals surface area (Å²) in [5.41, 5.74) is 0.803. The minimum absolute atomic E-state index is 0.0244. The molecule has 1 N–H and O–H groups in total. The smallest absolute Gasteiger partial charge is 0.254 e. The summed E-state index contributed by atoms with van der Waals surface area (Å²) in [6.07, 6.45) is 0. The van der Waals surface area contributed by atoms with Gasteiger partial charge in [0.05, 0.1) is 27.3 Å².